The van der Waals surface area contributed by atoms with E-state index in [4.69, 9.17) is 5.73 Å². The Morgan fingerprint density at radius 3 is 2.50 bits per heavy atom. The average Bonchev–Trinajstić information content (AvgIpc) is 2.27. The van der Waals surface area contributed by atoms with E-state index in [1.807, 2.05) is 0 Å². The lowest BCUT2D eigenvalue weighted by Crippen LogP contribution is -2.16. The Morgan fingerprint density at radius 1 is 1.25 bits per heavy atom. The smallest absolute Gasteiger partial charge is 0.000803 e. The van der Waals surface area contributed by atoms with Crippen molar-refractivity contribution in [1.82, 2.24) is 0 Å². The summed E-state index contributed by atoms with van der Waals surface area (Å²) in [6.45, 7) is 7.54. The number of hydrogen-bond acceptors (Lipinski definition) is 1. The van der Waals surface area contributed by atoms with Crippen molar-refractivity contribution >= 4 is 0 Å². The van der Waals surface area contributed by atoms with Crippen LogP contribution in [-0.4, -0.2) is 6.54 Å². The molecular formula is C15H25N. The van der Waals surface area contributed by atoms with Gasteiger partial charge in [0.25, 0.3) is 0 Å². The van der Waals surface area contributed by atoms with Crippen molar-refractivity contribution in [2.45, 2.75) is 46.0 Å². The highest BCUT2D eigenvalue weighted by molar-refractivity contribution is 5.29. The molecule has 0 spiro atoms. The number of aryl methyl sites for hydroxylation is 1. The van der Waals surface area contributed by atoms with E-state index in [-0.39, 0.29) is 0 Å². The fourth-order valence-corrected chi connectivity index (χ4v) is 2.49. The standard InChI is InChI=1S/C15H25N/c1-4-7-12(2)10-14(11-16)15-9-6-5-8-13(15)3/h5-6,8-9,12,14H,4,7,10-11,16H2,1-3H3. The lowest BCUT2D eigenvalue weighted by atomic mass is 9.86. The zero-order valence-corrected chi connectivity index (χ0v) is 10.9. The van der Waals surface area contributed by atoms with Gasteiger partial charge in [-0.2, -0.15) is 0 Å². The maximum absolute atomic E-state index is 5.92. The van der Waals surface area contributed by atoms with Crippen molar-refractivity contribution in [1.29, 1.82) is 0 Å². The molecule has 0 radical (unpaired) electrons. The summed E-state index contributed by atoms with van der Waals surface area (Å²) in [6, 6.07) is 8.63. The van der Waals surface area contributed by atoms with Crippen LogP contribution in [0.5, 0.6) is 0 Å². The minimum atomic E-state index is 0.530. The molecule has 90 valence electrons. The number of rotatable bonds is 6. The Hall–Kier alpha value is -0.820. The topological polar surface area (TPSA) is 26.0 Å². The van der Waals surface area contributed by atoms with Gasteiger partial charge in [0.2, 0.25) is 0 Å². The first-order valence-electron chi connectivity index (χ1n) is 6.44. The van der Waals surface area contributed by atoms with Crippen LogP contribution in [0.4, 0.5) is 0 Å². The molecule has 0 fully saturated rings. The molecule has 1 heteroatoms. The Balaban J connectivity index is 2.71. The van der Waals surface area contributed by atoms with Gasteiger partial charge in [0.15, 0.2) is 0 Å². The highest BCUT2D eigenvalue weighted by Crippen LogP contribution is 2.27. The highest BCUT2D eigenvalue weighted by Gasteiger charge is 2.14. The van der Waals surface area contributed by atoms with Crippen LogP contribution in [0, 0.1) is 12.8 Å². The van der Waals surface area contributed by atoms with Crippen LogP contribution in [0.1, 0.15) is 50.2 Å². The van der Waals surface area contributed by atoms with Crippen LogP contribution in [0.3, 0.4) is 0 Å². The van der Waals surface area contributed by atoms with E-state index in [1.165, 1.54) is 30.4 Å². The summed E-state index contributed by atoms with van der Waals surface area (Å²) in [4.78, 5) is 0. The fraction of sp³-hybridized carbons (Fsp3) is 0.600. The van der Waals surface area contributed by atoms with E-state index >= 15 is 0 Å². The molecule has 1 rings (SSSR count). The predicted octanol–water partition coefficient (Wildman–Crippen LogP) is 3.86. The minimum Gasteiger partial charge on any atom is -0.330 e. The van der Waals surface area contributed by atoms with Gasteiger partial charge in [0.1, 0.15) is 0 Å². The summed E-state index contributed by atoms with van der Waals surface area (Å²) in [5, 5.41) is 0. The van der Waals surface area contributed by atoms with Gasteiger partial charge in [-0.25, -0.2) is 0 Å². The molecule has 0 heterocycles. The van der Waals surface area contributed by atoms with Crippen molar-refractivity contribution in [3.8, 4) is 0 Å². The van der Waals surface area contributed by atoms with Gasteiger partial charge >= 0.3 is 0 Å². The van der Waals surface area contributed by atoms with Gasteiger partial charge in [-0.15, -0.1) is 0 Å². The number of hydrogen-bond donors (Lipinski definition) is 1. The maximum Gasteiger partial charge on any atom is -0.000803 e. The molecule has 0 aliphatic carbocycles. The van der Waals surface area contributed by atoms with Crippen LogP contribution in [0.25, 0.3) is 0 Å². The molecule has 0 saturated heterocycles. The third-order valence-electron chi connectivity index (χ3n) is 3.38. The quantitative estimate of drug-likeness (QED) is 0.772. The molecule has 0 saturated carbocycles. The molecular weight excluding hydrogens is 194 g/mol. The largest absolute Gasteiger partial charge is 0.330 e. The predicted molar refractivity (Wildman–Crippen MR) is 71.7 cm³/mol. The molecule has 2 unspecified atom stereocenters. The molecule has 1 aromatic rings. The Bertz CT molecular complexity index is 306. The SMILES string of the molecule is CCCC(C)CC(CN)c1ccccc1C. The molecule has 2 N–H and O–H groups in total. The fourth-order valence-electron chi connectivity index (χ4n) is 2.49. The first-order chi connectivity index (χ1) is 7.69. The molecule has 0 aliphatic heterocycles. The third-order valence-corrected chi connectivity index (χ3v) is 3.38. The minimum absolute atomic E-state index is 0.530. The van der Waals surface area contributed by atoms with Crippen LogP contribution >= 0.6 is 0 Å². The highest BCUT2D eigenvalue weighted by atomic mass is 14.5. The van der Waals surface area contributed by atoms with Crippen molar-refractivity contribution in [3.63, 3.8) is 0 Å². The van der Waals surface area contributed by atoms with Crippen molar-refractivity contribution in [2.75, 3.05) is 6.54 Å². The normalized spacial score (nSPS) is 14.8. The number of benzene rings is 1. The van der Waals surface area contributed by atoms with E-state index < -0.39 is 0 Å². The molecule has 0 aliphatic rings. The van der Waals surface area contributed by atoms with Crippen LogP contribution in [-0.2, 0) is 0 Å². The maximum atomic E-state index is 5.92. The summed E-state index contributed by atoms with van der Waals surface area (Å²) < 4.78 is 0. The van der Waals surface area contributed by atoms with Gasteiger partial charge in [-0.3, -0.25) is 0 Å². The molecule has 0 bridgehead atoms. The second kappa shape index (κ2) is 6.70. The van der Waals surface area contributed by atoms with Crippen molar-refractivity contribution in [2.24, 2.45) is 11.7 Å². The molecule has 16 heavy (non-hydrogen) atoms. The summed E-state index contributed by atoms with van der Waals surface area (Å²) in [5.74, 6) is 1.31. The first-order valence-corrected chi connectivity index (χ1v) is 6.44. The van der Waals surface area contributed by atoms with Gasteiger partial charge in [0, 0.05) is 0 Å². The van der Waals surface area contributed by atoms with E-state index in [2.05, 4.69) is 45.0 Å². The summed E-state index contributed by atoms with van der Waals surface area (Å²) in [5.41, 5.74) is 8.73. The monoisotopic (exact) mass is 219 g/mol. The second-order valence-corrected chi connectivity index (χ2v) is 4.92. The van der Waals surface area contributed by atoms with Crippen molar-refractivity contribution in [3.05, 3.63) is 35.4 Å². The summed E-state index contributed by atoms with van der Waals surface area (Å²) in [6.07, 6.45) is 3.80. The van der Waals surface area contributed by atoms with Gasteiger partial charge < -0.3 is 5.73 Å². The lowest BCUT2D eigenvalue weighted by Gasteiger charge is -2.21. The van der Waals surface area contributed by atoms with E-state index in [1.54, 1.807) is 0 Å². The Morgan fingerprint density at radius 2 is 1.94 bits per heavy atom. The lowest BCUT2D eigenvalue weighted by molar-refractivity contribution is 0.437. The third kappa shape index (κ3) is 3.64. The van der Waals surface area contributed by atoms with Crippen LogP contribution in [0.2, 0.25) is 0 Å². The Kier molecular flexibility index (Phi) is 5.54. The second-order valence-electron chi connectivity index (χ2n) is 4.92. The van der Waals surface area contributed by atoms with Gasteiger partial charge in [-0.1, -0.05) is 51.0 Å². The van der Waals surface area contributed by atoms with E-state index in [0.29, 0.717) is 5.92 Å². The molecule has 1 aromatic carbocycles. The molecule has 1 nitrogen and oxygen atoms in total. The van der Waals surface area contributed by atoms with E-state index in [0.717, 1.165) is 12.5 Å². The van der Waals surface area contributed by atoms with E-state index in [9.17, 15) is 0 Å². The summed E-state index contributed by atoms with van der Waals surface area (Å²) in [7, 11) is 0. The van der Waals surface area contributed by atoms with Crippen molar-refractivity contribution < 1.29 is 0 Å². The Labute approximate surface area is 100 Å². The van der Waals surface area contributed by atoms with Gasteiger partial charge in [-0.05, 0) is 42.9 Å². The average molecular weight is 219 g/mol. The molecule has 2 atom stereocenters. The summed E-state index contributed by atoms with van der Waals surface area (Å²) >= 11 is 0. The molecule has 0 aromatic heterocycles. The first kappa shape index (κ1) is 13.2. The van der Waals surface area contributed by atoms with Crippen LogP contribution < -0.4 is 5.73 Å². The van der Waals surface area contributed by atoms with Crippen LogP contribution in [0.15, 0.2) is 24.3 Å². The van der Waals surface area contributed by atoms with Gasteiger partial charge in [0.05, 0.1) is 0 Å². The molecule has 0 amide bonds. The zero-order chi connectivity index (χ0) is 12.0. The zero-order valence-electron chi connectivity index (χ0n) is 10.9. The number of nitrogens with two attached hydrogens (primary N) is 1.